The van der Waals surface area contributed by atoms with Crippen LogP contribution in [0, 0.1) is 31.6 Å². The second-order valence-corrected chi connectivity index (χ2v) is 6.06. The highest BCUT2D eigenvalue weighted by atomic mass is 15.1. The third kappa shape index (κ3) is 2.82. The van der Waals surface area contributed by atoms with E-state index in [-0.39, 0.29) is 0 Å². The molecule has 0 radical (unpaired) electrons. The van der Waals surface area contributed by atoms with Crippen molar-refractivity contribution >= 4 is 11.6 Å². The highest BCUT2D eigenvalue weighted by Gasteiger charge is 2.41. The molecular weight excluding hydrogens is 236 g/mol. The predicted octanol–water partition coefficient (Wildman–Crippen LogP) is 2.98. The van der Waals surface area contributed by atoms with E-state index in [1.165, 1.54) is 25.7 Å². The van der Waals surface area contributed by atoms with Gasteiger partial charge < -0.3 is 10.6 Å². The molecule has 0 bridgehead atoms. The number of aryl methyl sites for hydroxylation is 1. The lowest BCUT2D eigenvalue weighted by atomic mass is 9.98. The van der Waals surface area contributed by atoms with Crippen LogP contribution in [-0.4, -0.2) is 23.6 Å². The van der Waals surface area contributed by atoms with E-state index in [9.17, 15) is 0 Å². The number of nitrogens with zero attached hydrogens (tertiary/aromatic N) is 2. The molecule has 1 heterocycles. The van der Waals surface area contributed by atoms with Gasteiger partial charge in [-0.25, -0.2) is 9.97 Å². The Bertz CT molecular complexity index is 451. The molecule has 3 rings (SSSR count). The second kappa shape index (κ2) is 4.99. The molecule has 104 valence electrons. The molecule has 1 aromatic rings. The molecule has 2 N–H and O–H groups in total. The Balaban J connectivity index is 1.70. The van der Waals surface area contributed by atoms with E-state index >= 15 is 0 Å². The monoisotopic (exact) mass is 260 g/mol. The van der Waals surface area contributed by atoms with Gasteiger partial charge in [0.05, 0.1) is 0 Å². The van der Waals surface area contributed by atoms with E-state index in [0.717, 1.165) is 47.3 Å². The molecule has 2 aliphatic carbocycles. The summed E-state index contributed by atoms with van der Waals surface area (Å²) in [5.41, 5.74) is 1.12. The number of anilines is 2. The molecule has 0 aliphatic heterocycles. The summed E-state index contributed by atoms with van der Waals surface area (Å²) < 4.78 is 0. The van der Waals surface area contributed by atoms with Gasteiger partial charge in [0.2, 0.25) is 0 Å². The summed E-state index contributed by atoms with van der Waals surface area (Å²) in [6.07, 6.45) is 5.75. The van der Waals surface area contributed by atoms with Gasteiger partial charge in [0, 0.05) is 19.2 Å². The van der Waals surface area contributed by atoms with Crippen molar-refractivity contribution in [1.29, 1.82) is 0 Å². The molecule has 0 spiro atoms. The molecule has 2 fully saturated rings. The number of hydrogen-bond donors (Lipinski definition) is 2. The fourth-order valence-electron chi connectivity index (χ4n) is 3.03. The molecule has 0 saturated heterocycles. The molecular formula is C15H24N4. The van der Waals surface area contributed by atoms with Gasteiger partial charge >= 0.3 is 0 Å². The van der Waals surface area contributed by atoms with E-state index < -0.39 is 0 Å². The van der Waals surface area contributed by atoms with Gasteiger partial charge in [0.25, 0.3) is 0 Å². The van der Waals surface area contributed by atoms with Gasteiger partial charge in [-0.2, -0.15) is 0 Å². The summed E-state index contributed by atoms with van der Waals surface area (Å²) in [5.74, 6) is 5.59. The fourth-order valence-corrected chi connectivity index (χ4v) is 3.03. The first kappa shape index (κ1) is 12.7. The Hall–Kier alpha value is -1.32. The van der Waals surface area contributed by atoms with Crippen molar-refractivity contribution in [2.24, 2.45) is 17.8 Å². The zero-order valence-electron chi connectivity index (χ0n) is 12.2. The third-order valence-corrected chi connectivity index (χ3v) is 4.45. The summed E-state index contributed by atoms with van der Waals surface area (Å²) in [4.78, 5) is 8.96. The summed E-state index contributed by atoms with van der Waals surface area (Å²) in [7, 11) is 1.91. The first-order chi connectivity index (χ1) is 9.19. The van der Waals surface area contributed by atoms with E-state index in [2.05, 4.69) is 27.5 Å². The van der Waals surface area contributed by atoms with Crippen LogP contribution in [0.5, 0.6) is 0 Å². The Morgan fingerprint density at radius 3 is 2.16 bits per heavy atom. The van der Waals surface area contributed by atoms with E-state index in [0.29, 0.717) is 0 Å². The first-order valence-corrected chi connectivity index (χ1v) is 7.46. The molecule has 0 amide bonds. The Morgan fingerprint density at radius 1 is 1.05 bits per heavy atom. The van der Waals surface area contributed by atoms with E-state index in [1.807, 2.05) is 14.0 Å². The van der Waals surface area contributed by atoms with Gasteiger partial charge in [0.1, 0.15) is 17.5 Å². The van der Waals surface area contributed by atoms with Gasteiger partial charge in [0.15, 0.2) is 0 Å². The average Bonchev–Trinajstić information content (AvgIpc) is 3.26. The van der Waals surface area contributed by atoms with Crippen molar-refractivity contribution < 1.29 is 0 Å². The number of nitrogens with one attached hydrogen (secondary N) is 2. The van der Waals surface area contributed by atoms with Crippen LogP contribution in [0.15, 0.2) is 0 Å². The maximum absolute atomic E-state index is 4.55. The van der Waals surface area contributed by atoms with Gasteiger partial charge in [-0.15, -0.1) is 0 Å². The zero-order valence-corrected chi connectivity index (χ0v) is 12.2. The summed E-state index contributed by atoms with van der Waals surface area (Å²) in [5, 5.41) is 6.72. The molecule has 2 aliphatic rings. The fraction of sp³-hybridized carbons (Fsp3) is 0.733. The SMILES string of the molecule is CNc1nc(C)nc(NCC(C2CC2)C2CC2)c1C. The van der Waals surface area contributed by atoms with Crippen LogP contribution < -0.4 is 10.6 Å². The van der Waals surface area contributed by atoms with Crippen LogP contribution in [-0.2, 0) is 0 Å². The topological polar surface area (TPSA) is 49.8 Å². The minimum Gasteiger partial charge on any atom is -0.373 e. The molecule has 2 saturated carbocycles. The molecule has 1 aromatic heterocycles. The molecule has 0 atom stereocenters. The smallest absolute Gasteiger partial charge is 0.134 e. The lowest BCUT2D eigenvalue weighted by Gasteiger charge is -2.18. The van der Waals surface area contributed by atoms with Gasteiger partial charge in [-0.3, -0.25) is 0 Å². The first-order valence-electron chi connectivity index (χ1n) is 7.46. The lowest BCUT2D eigenvalue weighted by molar-refractivity contribution is 0.427. The highest BCUT2D eigenvalue weighted by molar-refractivity contribution is 5.56. The predicted molar refractivity (Wildman–Crippen MR) is 78.5 cm³/mol. The summed E-state index contributed by atoms with van der Waals surface area (Å²) in [6.45, 7) is 5.11. The van der Waals surface area contributed by atoms with Crippen molar-refractivity contribution in [2.45, 2.75) is 39.5 Å². The molecule has 19 heavy (non-hydrogen) atoms. The van der Waals surface area contributed by atoms with Crippen LogP contribution in [0.2, 0.25) is 0 Å². The molecule has 4 heteroatoms. The van der Waals surface area contributed by atoms with Crippen molar-refractivity contribution in [3.8, 4) is 0 Å². The zero-order chi connectivity index (χ0) is 13.4. The molecule has 4 nitrogen and oxygen atoms in total. The average molecular weight is 260 g/mol. The number of aromatic nitrogens is 2. The minimum absolute atomic E-state index is 0.826. The largest absolute Gasteiger partial charge is 0.373 e. The van der Waals surface area contributed by atoms with Crippen molar-refractivity contribution in [3.63, 3.8) is 0 Å². The standard InChI is InChI=1S/C15H24N4/c1-9-14(16-3)18-10(2)19-15(9)17-8-13(11-4-5-11)12-6-7-12/h11-13H,4-8H2,1-3H3,(H2,16,17,18,19). The van der Waals surface area contributed by atoms with Crippen molar-refractivity contribution in [2.75, 3.05) is 24.2 Å². The molecule has 0 aromatic carbocycles. The van der Waals surface area contributed by atoms with Gasteiger partial charge in [-0.1, -0.05) is 0 Å². The summed E-state index contributed by atoms with van der Waals surface area (Å²) in [6, 6.07) is 0. The van der Waals surface area contributed by atoms with E-state index in [4.69, 9.17) is 0 Å². The maximum Gasteiger partial charge on any atom is 0.134 e. The second-order valence-electron chi connectivity index (χ2n) is 6.06. The highest BCUT2D eigenvalue weighted by Crippen LogP contribution is 2.49. The Labute approximate surface area is 115 Å². The normalized spacial score (nSPS) is 18.7. The van der Waals surface area contributed by atoms with E-state index in [1.54, 1.807) is 0 Å². The van der Waals surface area contributed by atoms with Crippen molar-refractivity contribution in [1.82, 2.24) is 9.97 Å². The summed E-state index contributed by atoms with van der Waals surface area (Å²) >= 11 is 0. The maximum atomic E-state index is 4.55. The Morgan fingerprint density at radius 2 is 1.63 bits per heavy atom. The number of hydrogen-bond acceptors (Lipinski definition) is 4. The number of rotatable bonds is 6. The van der Waals surface area contributed by atoms with Gasteiger partial charge in [-0.05, 0) is 57.3 Å². The van der Waals surface area contributed by atoms with Crippen LogP contribution in [0.1, 0.15) is 37.1 Å². The van der Waals surface area contributed by atoms with Crippen molar-refractivity contribution in [3.05, 3.63) is 11.4 Å². The quantitative estimate of drug-likeness (QED) is 0.825. The van der Waals surface area contributed by atoms with Crippen LogP contribution >= 0.6 is 0 Å². The Kier molecular flexibility index (Phi) is 3.33. The lowest BCUT2D eigenvalue weighted by Crippen LogP contribution is -2.20. The molecule has 0 unspecified atom stereocenters. The minimum atomic E-state index is 0.826. The van der Waals surface area contributed by atoms with Crippen LogP contribution in [0.3, 0.4) is 0 Å². The third-order valence-electron chi connectivity index (χ3n) is 4.45. The van der Waals surface area contributed by atoms with Crippen LogP contribution in [0.4, 0.5) is 11.6 Å². The van der Waals surface area contributed by atoms with Crippen LogP contribution in [0.25, 0.3) is 0 Å².